The van der Waals surface area contributed by atoms with Crippen molar-refractivity contribution in [2.24, 2.45) is 5.10 Å². The Morgan fingerprint density at radius 1 is 1.06 bits per heavy atom. The van der Waals surface area contributed by atoms with Gasteiger partial charge >= 0.3 is 0 Å². The van der Waals surface area contributed by atoms with Crippen LogP contribution in [0.15, 0.2) is 53.6 Å². The maximum absolute atomic E-state index is 12.4. The van der Waals surface area contributed by atoms with E-state index in [4.69, 9.17) is 34.8 Å². The summed E-state index contributed by atoms with van der Waals surface area (Å²) in [4.78, 5) is 12.4. The van der Waals surface area contributed by atoms with Crippen molar-refractivity contribution in [2.75, 3.05) is 17.1 Å². The predicted molar refractivity (Wildman–Crippen MR) is 135 cm³/mol. The highest BCUT2D eigenvalue weighted by Crippen LogP contribution is 2.28. The first kappa shape index (κ1) is 25.1. The summed E-state index contributed by atoms with van der Waals surface area (Å²) in [6.45, 7) is 3.38. The van der Waals surface area contributed by atoms with Crippen LogP contribution in [0.4, 0.5) is 5.69 Å². The van der Waals surface area contributed by atoms with Crippen LogP contribution in [0.2, 0.25) is 15.1 Å². The highest BCUT2D eigenvalue weighted by molar-refractivity contribution is 7.92. The lowest BCUT2D eigenvalue weighted by atomic mass is 10.2. The third-order valence-electron chi connectivity index (χ3n) is 4.82. The number of hydrogen-bond donors (Lipinski definition) is 1. The molecular formula is C22H21Cl3N4O3S. The van der Waals surface area contributed by atoms with Gasteiger partial charge in [0.05, 0.1) is 28.9 Å². The zero-order valence-corrected chi connectivity index (χ0v) is 21.1. The van der Waals surface area contributed by atoms with Crippen molar-refractivity contribution in [1.82, 2.24) is 9.99 Å². The summed E-state index contributed by atoms with van der Waals surface area (Å²) in [5.41, 5.74) is 6.00. The van der Waals surface area contributed by atoms with E-state index in [1.54, 1.807) is 24.3 Å². The average Bonchev–Trinajstić information content (AvgIpc) is 3.00. The van der Waals surface area contributed by atoms with Gasteiger partial charge in [0.15, 0.2) is 0 Å². The number of amides is 1. The Morgan fingerprint density at radius 2 is 1.70 bits per heavy atom. The number of halogens is 3. The molecule has 0 saturated heterocycles. The minimum atomic E-state index is -3.70. The number of carbonyl (C=O) groups excluding carboxylic acids is 1. The molecule has 174 valence electrons. The monoisotopic (exact) mass is 526 g/mol. The van der Waals surface area contributed by atoms with E-state index in [1.165, 1.54) is 18.3 Å². The van der Waals surface area contributed by atoms with Crippen molar-refractivity contribution in [3.63, 3.8) is 0 Å². The number of aromatic nitrogens is 1. The fourth-order valence-corrected chi connectivity index (χ4v) is 4.77. The van der Waals surface area contributed by atoms with Crippen LogP contribution in [0, 0.1) is 13.8 Å². The molecule has 1 aromatic heterocycles. The number of aryl methyl sites for hydroxylation is 1. The third kappa shape index (κ3) is 6.09. The summed E-state index contributed by atoms with van der Waals surface area (Å²) in [5, 5.41) is 5.50. The van der Waals surface area contributed by atoms with Crippen LogP contribution in [0.1, 0.15) is 17.0 Å². The second-order valence-corrected chi connectivity index (χ2v) is 10.5. The molecule has 0 bridgehead atoms. The standard InChI is InChI=1S/C22H21Cl3N4O3S/c1-14-10-16(15(2)29(14)21-9-6-18(24)11-20(21)25)12-26-27-22(30)13-28(33(3,31)32)19-7-4-17(23)5-8-19/h4-12H,13H2,1-3H3,(H,27,30)/b26-12-. The molecule has 0 radical (unpaired) electrons. The summed E-state index contributed by atoms with van der Waals surface area (Å²) in [6, 6.07) is 13.3. The Kier molecular flexibility index (Phi) is 7.74. The Labute approximate surface area is 207 Å². The van der Waals surface area contributed by atoms with Gasteiger partial charge in [-0.2, -0.15) is 5.10 Å². The number of benzene rings is 2. The fraction of sp³-hybridized carbons (Fsp3) is 0.182. The molecule has 0 aliphatic carbocycles. The van der Waals surface area contributed by atoms with Crippen LogP contribution in [0.5, 0.6) is 0 Å². The Morgan fingerprint density at radius 3 is 2.30 bits per heavy atom. The number of hydrogen-bond acceptors (Lipinski definition) is 4. The molecule has 0 unspecified atom stereocenters. The van der Waals surface area contributed by atoms with Crippen molar-refractivity contribution in [3.8, 4) is 5.69 Å². The van der Waals surface area contributed by atoms with E-state index in [0.29, 0.717) is 20.8 Å². The zero-order valence-electron chi connectivity index (χ0n) is 18.0. The SMILES string of the molecule is Cc1cc(/C=N\NC(=O)CN(c2ccc(Cl)cc2)S(C)(=O)=O)c(C)n1-c1ccc(Cl)cc1Cl. The highest BCUT2D eigenvalue weighted by atomic mass is 35.5. The first-order valence-electron chi connectivity index (χ1n) is 9.67. The first-order chi connectivity index (χ1) is 15.5. The van der Waals surface area contributed by atoms with Crippen molar-refractivity contribution in [1.29, 1.82) is 0 Å². The summed E-state index contributed by atoms with van der Waals surface area (Å²) in [5.74, 6) is -0.596. The van der Waals surface area contributed by atoms with E-state index in [2.05, 4.69) is 10.5 Å². The van der Waals surface area contributed by atoms with Crippen LogP contribution >= 0.6 is 34.8 Å². The lowest BCUT2D eigenvalue weighted by Gasteiger charge is -2.21. The van der Waals surface area contributed by atoms with Gasteiger partial charge in [-0.3, -0.25) is 9.10 Å². The number of nitrogens with one attached hydrogen (secondary N) is 1. The maximum atomic E-state index is 12.4. The highest BCUT2D eigenvalue weighted by Gasteiger charge is 2.20. The Hall–Kier alpha value is -2.52. The molecule has 2 aromatic carbocycles. The average molecular weight is 528 g/mol. The molecule has 0 aliphatic heterocycles. The minimum absolute atomic E-state index is 0.324. The molecule has 33 heavy (non-hydrogen) atoms. The Balaban J connectivity index is 1.75. The van der Waals surface area contributed by atoms with Crippen molar-refractivity contribution < 1.29 is 13.2 Å². The van der Waals surface area contributed by atoms with Crippen LogP contribution in [-0.4, -0.2) is 37.9 Å². The van der Waals surface area contributed by atoms with E-state index >= 15 is 0 Å². The molecule has 0 spiro atoms. The largest absolute Gasteiger partial charge is 0.316 e. The van der Waals surface area contributed by atoms with Gasteiger partial charge in [-0.05, 0) is 62.4 Å². The molecule has 0 atom stereocenters. The maximum Gasteiger partial charge on any atom is 0.260 e. The zero-order chi connectivity index (χ0) is 24.3. The molecular weight excluding hydrogens is 507 g/mol. The molecule has 11 heteroatoms. The molecule has 0 saturated carbocycles. The molecule has 1 amide bonds. The van der Waals surface area contributed by atoms with E-state index in [1.807, 2.05) is 30.5 Å². The smallest absolute Gasteiger partial charge is 0.260 e. The topological polar surface area (TPSA) is 83.8 Å². The molecule has 0 fully saturated rings. The van der Waals surface area contributed by atoms with Crippen LogP contribution in [0.25, 0.3) is 5.69 Å². The van der Waals surface area contributed by atoms with Crippen LogP contribution < -0.4 is 9.73 Å². The number of hydrazone groups is 1. The van der Waals surface area contributed by atoms with Gasteiger partial charge < -0.3 is 4.57 Å². The van der Waals surface area contributed by atoms with Crippen molar-refractivity contribution >= 4 is 62.6 Å². The third-order valence-corrected chi connectivity index (χ3v) is 6.75. The quantitative estimate of drug-likeness (QED) is 0.348. The van der Waals surface area contributed by atoms with Crippen molar-refractivity contribution in [3.05, 3.63) is 80.6 Å². The van der Waals surface area contributed by atoms with Gasteiger partial charge in [-0.15, -0.1) is 0 Å². The number of rotatable bonds is 7. The molecule has 1 heterocycles. The van der Waals surface area contributed by atoms with Gasteiger partial charge in [0, 0.05) is 27.0 Å². The normalized spacial score (nSPS) is 11.7. The summed E-state index contributed by atoms with van der Waals surface area (Å²) >= 11 is 18.2. The van der Waals surface area contributed by atoms with Crippen LogP contribution in [0.3, 0.4) is 0 Å². The predicted octanol–water partition coefficient (Wildman–Crippen LogP) is 4.97. The lowest BCUT2D eigenvalue weighted by molar-refractivity contribution is -0.119. The van der Waals surface area contributed by atoms with E-state index in [9.17, 15) is 13.2 Å². The number of sulfonamides is 1. The summed E-state index contributed by atoms with van der Waals surface area (Å²) in [6.07, 6.45) is 2.52. The van der Waals surface area contributed by atoms with Gasteiger partial charge in [0.1, 0.15) is 6.54 Å². The van der Waals surface area contributed by atoms with Gasteiger partial charge in [0.25, 0.3) is 5.91 Å². The summed E-state index contributed by atoms with van der Waals surface area (Å²) < 4.78 is 27.3. The minimum Gasteiger partial charge on any atom is -0.316 e. The van der Waals surface area contributed by atoms with Crippen molar-refractivity contribution in [2.45, 2.75) is 13.8 Å². The van der Waals surface area contributed by atoms with E-state index in [-0.39, 0.29) is 0 Å². The number of nitrogens with zero attached hydrogens (tertiary/aromatic N) is 3. The van der Waals surface area contributed by atoms with Gasteiger partial charge in [-0.25, -0.2) is 13.8 Å². The summed E-state index contributed by atoms with van der Waals surface area (Å²) in [7, 11) is -3.70. The fourth-order valence-electron chi connectivity index (χ4n) is 3.30. The second-order valence-electron chi connectivity index (χ2n) is 7.30. The van der Waals surface area contributed by atoms with Gasteiger partial charge in [0.2, 0.25) is 10.0 Å². The Bertz CT molecular complexity index is 1320. The lowest BCUT2D eigenvalue weighted by Crippen LogP contribution is -2.39. The number of carbonyl (C=O) groups is 1. The molecule has 3 rings (SSSR count). The van der Waals surface area contributed by atoms with E-state index < -0.39 is 22.5 Å². The van der Waals surface area contributed by atoms with Gasteiger partial charge in [-0.1, -0.05) is 34.8 Å². The first-order valence-corrected chi connectivity index (χ1v) is 12.6. The molecule has 7 nitrogen and oxygen atoms in total. The molecule has 3 aromatic rings. The second kappa shape index (κ2) is 10.2. The van der Waals surface area contributed by atoms with E-state index in [0.717, 1.165) is 33.2 Å². The molecule has 1 N–H and O–H groups in total. The van der Waals surface area contributed by atoms with Crippen LogP contribution in [-0.2, 0) is 14.8 Å². The number of anilines is 1. The molecule has 0 aliphatic rings.